The fraction of sp³-hybridized carbons (Fsp3) is 0.667. The highest BCUT2D eigenvalue weighted by molar-refractivity contribution is 6.32. The van der Waals surface area contributed by atoms with E-state index in [1.165, 1.54) is 0 Å². The smallest absolute Gasteiger partial charge is 0.411 e. The van der Waals surface area contributed by atoms with Crippen molar-refractivity contribution in [3.05, 3.63) is 16.5 Å². The molecule has 0 radical (unpaired) electrons. The Morgan fingerprint density at radius 3 is 2.42 bits per heavy atom. The van der Waals surface area contributed by atoms with E-state index < -0.39 is 5.60 Å². The van der Waals surface area contributed by atoms with Crippen LogP contribution in [0.4, 0.5) is 10.6 Å². The Bertz CT molecular complexity index is 603. The molecule has 7 nitrogen and oxygen atoms in total. The third-order valence-electron chi connectivity index (χ3n) is 3.85. The van der Waals surface area contributed by atoms with Crippen molar-refractivity contribution >= 4 is 35.1 Å². The first-order chi connectivity index (χ1) is 11.2. The number of nitrogens with zero attached hydrogens (tertiary/aromatic N) is 4. The summed E-state index contributed by atoms with van der Waals surface area (Å²) in [7, 11) is 0. The van der Waals surface area contributed by atoms with Crippen LogP contribution in [0.2, 0.25) is 10.4 Å². The van der Waals surface area contributed by atoms with E-state index in [9.17, 15) is 4.79 Å². The highest BCUT2D eigenvalue weighted by Gasteiger charge is 2.43. The summed E-state index contributed by atoms with van der Waals surface area (Å²) in [5.74, 6) is 0.653. The first kappa shape index (κ1) is 17.5. The highest BCUT2D eigenvalue weighted by Crippen LogP contribution is 2.28. The molecule has 0 saturated carbocycles. The van der Waals surface area contributed by atoms with Gasteiger partial charge in [0.2, 0.25) is 5.28 Å². The van der Waals surface area contributed by atoms with Gasteiger partial charge in [0.25, 0.3) is 0 Å². The number of hydrogen-bond donors (Lipinski definition) is 0. The van der Waals surface area contributed by atoms with Crippen molar-refractivity contribution < 1.29 is 14.3 Å². The number of fused-ring (bicyclic) bond motifs is 2. The summed E-state index contributed by atoms with van der Waals surface area (Å²) < 4.78 is 11.2. The minimum atomic E-state index is -0.531. The number of morpholine rings is 1. The van der Waals surface area contributed by atoms with Crippen LogP contribution in [0.1, 0.15) is 20.8 Å². The summed E-state index contributed by atoms with van der Waals surface area (Å²) in [6.45, 7) is 7.63. The predicted octanol–water partition coefficient (Wildman–Crippen LogP) is 2.61. The molecule has 0 aliphatic carbocycles. The summed E-state index contributed by atoms with van der Waals surface area (Å²) in [5.41, 5.74) is -0.531. The molecule has 2 atom stereocenters. The van der Waals surface area contributed by atoms with Gasteiger partial charge < -0.3 is 14.4 Å². The zero-order valence-corrected chi connectivity index (χ0v) is 15.3. The van der Waals surface area contributed by atoms with Gasteiger partial charge in [0, 0.05) is 19.2 Å². The molecule has 0 N–H and O–H groups in total. The Balaban J connectivity index is 1.79. The van der Waals surface area contributed by atoms with Gasteiger partial charge in [0.15, 0.2) is 0 Å². The molecule has 0 aromatic carbocycles. The van der Waals surface area contributed by atoms with Gasteiger partial charge in [-0.2, -0.15) is 0 Å². The van der Waals surface area contributed by atoms with Crippen LogP contribution in [0, 0.1) is 0 Å². The maximum atomic E-state index is 12.5. The number of halogens is 2. The van der Waals surface area contributed by atoms with Crippen molar-refractivity contribution in [3.8, 4) is 0 Å². The van der Waals surface area contributed by atoms with Crippen molar-refractivity contribution in [1.82, 2.24) is 14.9 Å². The lowest BCUT2D eigenvalue weighted by molar-refractivity contribution is -0.0666. The van der Waals surface area contributed by atoms with Gasteiger partial charge in [-0.1, -0.05) is 11.6 Å². The lowest BCUT2D eigenvalue weighted by Gasteiger charge is -2.49. The molecule has 132 valence electrons. The van der Waals surface area contributed by atoms with Gasteiger partial charge in [0.05, 0.1) is 25.3 Å². The van der Waals surface area contributed by atoms with Crippen LogP contribution in [0.15, 0.2) is 6.07 Å². The second-order valence-electron chi connectivity index (χ2n) is 6.96. The first-order valence-corrected chi connectivity index (χ1v) is 8.52. The average molecular weight is 375 g/mol. The SMILES string of the molecule is CC(C)(C)OC(=O)N1C2COCC1CN(c1cc(Cl)nc(Cl)n1)C2. The second kappa shape index (κ2) is 6.54. The Labute approximate surface area is 150 Å². The van der Waals surface area contributed by atoms with Crippen LogP contribution in [-0.2, 0) is 9.47 Å². The summed E-state index contributed by atoms with van der Waals surface area (Å²) in [5, 5.41) is 0.398. The van der Waals surface area contributed by atoms with Crippen molar-refractivity contribution in [2.45, 2.75) is 38.5 Å². The monoisotopic (exact) mass is 374 g/mol. The zero-order chi connectivity index (χ0) is 17.5. The molecule has 0 spiro atoms. The molecule has 1 aromatic heterocycles. The molecule has 9 heteroatoms. The molecular formula is C15H20Cl2N4O3. The molecule has 2 bridgehead atoms. The molecular weight excluding hydrogens is 355 g/mol. The average Bonchev–Trinajstić information content (AvgIpc) is 2.42. The van der Waals surface area contributed by atoms with Crippen LogP contribution in [0.5, 0.6) is 0 Å². The number of ether oxygens (including phenoxy) is 2. The number of carbonyl (C=O) groups is 1. The van der Waals surface area contributed by atoms with Crippen molar-refractivity contribution in [1.29, 1.82) is 0 Å². The van der Waals surface area contributed by atoms with Crippen molar-refractivity contribution in [3.63, 3.8) is 0 Å². The molecule has 2 aliphatic rings. The Kier molecular flexibility index (Phi) is 4.77. The van der Waals surface area contributed by atoms with Crippen LogP contribution in [-0.4, -0.2) is 64.9 Å². The Morgan fingerprint density at radius 1 is 1.25 bits per heavy atom. The van der Waals surface area contributed by atoms with Gasteiger partial charge in [-0.05, 0) is 32.4 Å². The molecule has 3 rings (SSSR count). The third kappa shape index (κ3) is 3.84. The molecule has 1 aromatic rings. The van der Waals surface area contributed by atoms with Crippen molar-refractivity contribution in [2.24, 2.45) is 0 Å². The second-order valence-corrected chi connectivity index (χ2v) is 7.68. The number of rotatable bonds is 1. The maximum Gasteiger partial charge on any atom is 0.411 e. The van der Waals surface area contributed by atoms with Crippen LogP contribution in [0.3, 0.4) is 0 Å². The quantitative estimate of drug-likeness (QED) is 0.555. The molecule has 2 saturated heterocycles. The summed E-state index contributed by atoms with van der Waals surface area (Å²) >= 11 is 11.9. The molecule has 2 fully saturated rings. The minimum absolute atomic E-state index is 0.105. The van der Waals surface area contributed by atoms with E-state index in [2.05, 4.69) is 14.9 Å². The van der Waals surface area contributed by atoms with Crippen LogP contribution < -0.4 is 4.90 Å². The number of aromatic nitrogens is 2. The zero-order valence-electron chi connectivity index (χ0n) is 13.8. The van der Waals surface area contributed by atoms with E-state index in [1.807, 2.05) is 20.8 Å². The fourth-order valence-electron chi connectivity index (χ4n) is 3.00. The van der Waals surface area contributed by atoms with Gasteiger partial charge >= 0.3 is 6.09 Å². The van der Waals surface area contributed by atoms with E-state index in [0.29, 0.717) is 37.3 Å². The fourth-order valence-corrected chi connectivity index (χ4v) is 3.40. The van der Waals surface area contributed by atoms with E-state index in [0.717, 1.165) is 0 Å². The van der Waals surface area contributed by atoms with Gasteiger partial charge in [-0.15, -0.1) is 0 Å². The molecule has 2 unspecified atom stereocenters. The largest absolute Gasteiger partial charge is 0.444 e. The van der Waals surface area contributed by atoms with Gasteiger partial charge in [-0.3, -0.25) is 4.90 Å². The molecule has 24 heavy (non-hydrogen) atoms. The number of piperazine rings is 1. The van der Waals surface area contributed by atoms with E-state index in [4.69, 9.17) is 32.7 Å². The Hall–Kier alpha value is -1.31. The third-order valence-corrected chi connectivity index (χ3v) is 4.21. The number of carbonyl (C=O) groups excluding carboxylic acids is 1. The number of hydrogen-bond acceptors (Lipinski definition) is 6. The molecule has 1 amide bonds. The normalized spacial score (nSPS) is 24.0. The number of anilines is 1. The predicted molar refractivity (Wildman–Crippen MR) is 90.7 cm³/mol. The first-order valence-electron chi connectivity index (χ1n) is 7.77. The maximum absolute atomic E-state index is 12.5. The molecule has 3 heterocycles. The number of amides is 1. The topological polar surface area (TPSA) is 67.8 Å². The van der Waals surface area contributed by atoms with Gasteiger partial charge in [0.1, 0.15) is 16.6 Å². The lowest BCUT2D eigenvalue weighted by Crippen LogP contribution is -2.66. The lowest BCUT2D eigenvalue weighted by atomic mass is 10.1. The van der Waals surface area contributed by atoms with Gasteiger partial charge in [-0.25, -0.2) is 14.8 Å². The highest BCUT2D eigenvalue weighted by atomic mass is 35.5. The van der Waals surface area contributed by atoms with Crippen LogP contribution in [0.25, 0.3) is 0 Å². The minimum Gasteiger partial charge on any atom is -0.444 e. The van der Waals surface area contributed by atoms with E-state index in [1.54, 1.807) is 11.0 Å². The van der Waals surface area contributed by atoms with Crippen LogP contribution >= 0.6 is 23.2 Å². The standard InChI is InChI=1S/C15H20Cl2N4O3/c1-15(2,3)24-14(22)21-9-5-20(6-10(21)8-23-7-9)12-4-11(16)18-13(17)19-12/h4,9-10H,5-8H2,1-3H3. The summed E-state index contributed by atoms with van der Waals surface area (Å²) in [6.07, 6.45) is -0.306. The summed E-state index contributed by atoms with van der Waals surface area (Å²) in [4.78, 5) is 24.5. The van der Waals surface area contributed by atoms with Crippen molar-refractivity contribution in [2.75, 3.05) is 31.2 Å². The van der Waals surface area contributed by atoms with E-state index in [-0.39, 0.29) is 23.5 Å². The van der Waals surface area contributed by atoms with E-state index >= 15 is 0 Å². The summed E-state index contributed by atoms with van der Waals surface area (Å²) in [6, 6.07) is 1.45. The molecule has 2 aliphatic heterocycles. The Morgan fingerprint density at radius 2 is 1.88 bits per heavy atom.